The van der Waals surface area contributed by atoms with Crippen LogP contribution in [-0.4, -0.2) is 56.4 Å². The maximum atomic E-state index is 12.8. The number of hydrogen-bond donors (Lipinski definition) is 1. The van der Waals surface area contributed by atoms with E-state index in [0.29, 0.717) is 16.2 Å². The highest BCUT2D eigenvalue weighted by atomic mass is 32.2. The van der Waals surface area contributed by atoms with E-state index in [4.69, 9.17) is 0 Å². The number of carbonyl (C=O) groups is 1. The Morgan fingerprint density at radius 2 is 2.12 bits per heavy atom. The van der Waals surface area contributed by atoms with E-state index in [-0.39, 0.29) is 23.0 Å². The summed E-state index contributed by atoms with van der Waals surface area (Å²) in [6, 6.07) is 7.24. The highest BCUT2D eigenvalue weighted by Gasteiger charge is 2.32. The number of likely N-dealkylation sites (tertiary alicyclic amines) is 1. The lowest BCUT2D eigenvalue weighted by Gasteiger charge is -2.27. The molecule has 2 rings (SSSR count). The van der Waals surface area contributed by atoms with Gasteiger partial charge in [0.05, 0.1) is 15.9 Å². The minimum atomic E-state index is -3.31. The lowest BCUT2D eigenvalue weighted by Crippen LogP contribution is -2.44. The Kier molecular flexibility index (Phi) is 7.34. The van der Waals surface area contributed by atoms with Gasteiger partial charge in [0.15, 0.2) is 9.84 Å². The van der Waals surface area contributed by atoms with E-state index in [1.165, 1.54) is 11.8 Å². The Balaban J connectivity index is 2.15. The molecule has 1 aliphatic rings. The van der Waals surface area contributed by atoms with Crippen LogP contribution in [0.2, 0.25) is 0 Å². The number of nitrogens with one attached hydrogen (secondary N) is 1. The third-order valence-corrected chi connectivity index (χ3v) is 7.67. The molecule has 0 bridgehead atoms. The number of hydrogen-bond acceptors (Lipinski definition) is 5. The first-order valence-corrected chi connectivity index (χ1v) is 11.4. The monoisotopic (exact) mass is 384 g/mol. The van der Waals surface area contributed by atoms with Crippen molar-refractivity contribution in [2.24, 2.45) is 0 Å². The fourth-order valence-corrected chi connectivity index (χ4v) is 6.13. The van der Waals surface area contributed by atoms with Crippen LogP contribution in [0.3, 0.4) is 0 Å². The van der Waals surface area contributed by atoms with E-state index in [0.717, 1.165) is 25.9 Å². The van der Waals surface area contributed by atoms with E-state index >= 15 is 0 Å². The molecule has 1 fully saturated rings. The number of benzene rings is 1. The first-order chi connectivity index (χ1) is 11.9. The first kappa shape index (κ1) is 20.3. The van der Waals surface area contributed by atoms with Crippen molar-refractivity contribution in [3.8, 4) is 0 Å². The zero-order valence-corrected chi connectivity index (χ0v) is 16.8. The van der Waals surface area contributed by atoms with Crippen molar-refractivity contribution in [1.82, 2.24) is 10.2 Å². The second-order valence-corrected chi connectivity index (χ2v) is 9.87. The molecule has 1 N–H and O–H groups in total. The second-order valence-electron chi connectivity index (χ2n) is 6.41. The van der Waals surface area contributed by atoms with Gasteiger partial charge in [-0.2, -0.15) is 0 Å². The molecule has 0 aliphatic carbocycles. The number of thioether (sulfide) groups is 1. The SMILES string of the molecule is CCCS(=O)(=O)c1ccccc1SC(C)C(=O)N1CCCC1CNC. The van der Waals surface area contributed by atoms with Gasteiger partial charge in [-0.05, 0) is 45.4 Å². The predicted molar refractivity (Wildman–Crippen MR) is 103 cm³/mol. The topological polar surface area (TPSA) is 66.5 Å². The summed E-state index contributed by atoms with van der Waals surface area (Å²) in [5.74, 6) is 0.217. The Morgan fingerprint density at radius 3 is 2.80 bits per heavy atom. The molecule has 1 heterocycles. The standard InChI is InChI=1S/C18H28N2O3S2/c1-4-12-25(22,23)17-10-6-5-9-16(17)24-14(2)18(21)20-11-7-8-15(20)13-19-3/h5-6,9-10,14-15,19H,4,7-8,11-13H2,1-3H3. The maximum Gasteiger partial charge on any atom is 0.236 e. The van der Waals surface area contributed by atoms with Crippen LogP contribution in [0.1, 0.15) is 33.1 Å². The summed E-state index contributed by atoms with van der Waals surface area (Å²) in [6.07, 6.45) is 2.62. The normalized spacial score (nSPS) is 19.2. The Bertz CT molecular complexity index is 691. The van der Waals surface area contributed by atoms with Crippen LogP contribution in [0.25, 0.3) is 0 Å². The van der Waals surface area contributed by atoms with Gasteiger partial charge in [0.25, 0.3) is 0 Å². The van der Waals surface area contributed by atoms with Gasteiger partial charge >= 0.3 is 0 Å². The van der Waals surface area contributed by atoms with E-state index in [1.54, 1.807) is 18.2 Å². The molecule has 1 aliphatic heterocycles. The van der Waals surface area contributed by atoms with Crippen molar-refractivity contribution in [2.45, 2.75) is 54.2 Å². The van der Waals surface area contributed by atoms with Gasteiger partial charge in [0.1, 0.15) is 0 Å². The van der Waals surface area contributed by atoms with Crippen LogP contribution >= 0.6 is 11.8 Å². The molecular formula is C18H28N2O3S2. The number of rotatable bonds is 8. The Labute approximate surface area is 155 Å². The van der Waals surface area contributed by atoms with Crippen LogP contribution in [0.15, 0.2) is 34.1 Å². The van der Waals surface area contributed by atoms with Crippen molar-refractivity contribution in [3.05, 3.63) is 24.3 Å². The van der Waals surface area contributed by atoms with E-state index < -0.39 is 9.84 Å². The summed E-state index contributed by atoms with van der Waals surface area (Å²) < 4.78 is 25.0. The third-order valence-electron chi connectivity index (χ3n) is 4.41. The van der Waals surface area contributed by atoms with Gasteiger partial charge in [0.2, 0.25) is 5.91 Å². The average molecular weight is 385 g/mol. The molecule has 1 amide bonds. The molecule has 1 aromatic carbocycles. The number of amides is 1. The van der Waals surface area contributed by atoms with Crippen LogP contribution in [0.4, 0.5) is 0 Å². The smallest absolute Gasteiger partial charge is 0.236 e. The first-order valence-electron chi connectivity index (χ1n) is 8.84. The van der Waals surface area contributed by atoms with E-state index in [1.807, 2.05) is 31.9 Å². The van der Waals surface area contributed by atoms with Gasteiger partial charge in [-0.15, -0.1) is 11.8 Å². The van der Waals surface area contributed by atoms with Crippen molar-refractivity contribution in [2.75, 3.05) is 25.9 Å². The highest BCUT2D eigenvalue weighted by Crippen LogP contribution is 2.32. The van der Waals surface area contributed by atoms with Crippen molar-refractivity contribution < 1.29 is 13.2 Å². The summed E-state index contributed by atoms with van der Waals surface area (Å²) in [7, 11) is -1.41. The molecule has 7 heteroatoms. The largest absolute Gasteiger partial charge is 0.337 e. The number of nitrogens with zero attached hydrogens (tertiary/aromatic N) is 1. The van der Waals surface area contributed by atoms with Gasteiger partial charge < -0.3 is 10.2 Å². The molecule has 1 saturated heterocycles. The highest BCUT2D eigenvalue weighted by molar-refractivity contribution is 8.01. The van der Waals surface area contributed by atoms with E-state index in [9.17, 15) is 13.2 Å². The van der Waals surface area contributed by atoms with Crippen molar-refractivity contribution in [1.29, 1.82) is 0 Å². The summed E-state index contributed by atoms with van der Waals surface area (Å²) in [6.45, 7) is 5.30. The number of carbonyl (C=O) groups excluding carboxylic acids is 1. The molecular weight excluding hydrogens is 356 g/mol. The molecule has 2 unspecified atom stereocenters. The summed E-state index contributed by atoms with van der Waals surface area (Å²) in [4.78, 5) is 15.8. The zero-order chi connectivity index (χ0) is 18.4. The Hall–Kier alpha value is -1.05. The third kappa shape index (κ3) is 4.99. The summed E-state index contributed by atoms with van der Waals surface area (Å²) in [5.41, 5.74) is 0. The molecule has 0 radical (unpaired) electrons. The fourth-order valence-electron chi connectivity index (χ4n) is 3.23. The van der Waals surface area contributed by atoms with Crippen LogP contribution in [0, 0.1) is 0 Å². The quantitative estimate of drug-likeness (QED) is 0.698. The molecule has 2 atom stereocenters. The zero-order valence-electron chi connectivity index (χ0n) is 15.2. The fraction of sp³-hybridized carbons (Fsp3) is 0.611. The minimum absolute atomic E-state index is 0.0884. The average Bonchev–Trinajstić information content (AvgIpc) is 3.03. The maximum absolute atomic E-state index is 12.8. The lowest BCUT2D eigenvalue weighted by atomic mass is 10.2. The molecule has 0 aromatic heterocycles. The molecule has 140 valence electrons. The molecule has 5 nitrogen and oxygen atoms in total. The van der Waals surface area contributed by atoms with Gasteiger partial charge in [-0.3, -0.25) is 4.79 Å². The van der Waals surface area contributed by atoms with Crippen LogP contribution in [0.5, 0.6) is 0 Å². The molecule has 0 spiro atoms. The van der Waals surface area contributed by atoms with Crippen LogP contribution in [-0.2, 0) is 14.6 Å². The van der Waals surface area contributed by atoms with Crippen molar-refractivity contribution in [3.63, 3.8) is 0 Å². The predicted octanol–water partition coefficient (Wildman–Crippen LogP) is 2.56. The summed E-state index contributed by atoms with van der Waals surface area (Å²) >= 11 is 1.35. The van der Waals surface area contributed by atoms with Crippen molar-refractivity contribution >= 4 is 27.5 Å². The number of likely N-dealkylation sites (N-methyl/N-ethyl adjacent to an activating group) is 1. The van der Waals surface area contributed by atoms with Crippen LogP contribution < -0.4 is 5.32 Å². The Morgan fingerprint density at radius 1 is 1.40 bits per heavy atom. The minimum Gasteiger partial charge on any atom is -0.337 e. The molecule has 0 saturated carbocycles. The molecule has 1 aromatic rings. The number of sulfone groups is 1. The van der Waals surface area contributed by atoms with E-state index in [2.05, 4.69) is 5.32 Å². The molecule has 25 heavy (non-hydrogen) atoms. The lowest BCUT2D eigenvalue weighted by molar-refractivity contribution is -0.131. The summed E-state index contributed by atoms with van der Waals surface area (Å²) in [5, 5.41) is 2.84. The van der Waals surface area contributed by atoms with Gasteiger partial charge in [0, 0.05) is 24.0 Å². The van der Waals surface area contributed by atoms with Gasteiger partial charge in [-0.25, -0.2) is 8.42 Å². The second kappa shape index (κ2) is 9.05. The van der Waals surface area contributed by atoms with Gasteiger partial charge in [-0.1, -0.05) is 19.1 Å².